The first-order valence-electron chi connectivity index (χ1n) is 9.64. The molecule has 118 valence electrons. The monoisotopic (exact) mass is 324 g/mol. The second kappa shape index (κ2) is 6.12. The van der Waals surface area contributed by atoms with Gasteiger partial charge in [0, 0.05) is 24.2 Å². The molecule has 4 rings (SSSR count). The zero-order valence-electron chi connectivity index (χ0n) is 17.4. The molecule has 0 atom stereocenters. The van der Waals surface area contributed by atoms with Gasteiger partial charge in [-0.2, -0.15) is 0 Å². The molecule has 4 aromatic rings. The number of aromatic nitrogens is 3. The Bertz CT molecular complexity index is 1200. The van der Waals surface area contributed by atoms with Gasteiger partial charge in [-0.1, -0.05) is 30.3 Å². The van der Waals surface area contributed by atoms with Crippen LogP contribution in [0.1, 0.15) is 12.5 Å². The summed E-state index contributed by atoms with van der Waals surface area (Å²) < 4.78 is 59.0. The van der Waals surface area contributed by atoms with Gasteiger partial charge in [-0.25, -0.2) is 14.4 Å². The van der Waals surface area contributed by atoms with E-state index in [4.69, 9.17) is 11.6 Å². The number of fused-ring (bicyclic) bond motifs is 1. The minimum absolute atomic E-state index is 0.0940. The van der Waals surface area contributed by atoms with Crippen molar-refractivity contribution in [2.24, 2.45) is 0 Å². The molecule has 2 heterocycles. The topological polar surface area (TPSA) is 39.4 Å². The van der Waals surface area contributed by atoms with Crippen molar-refractivity contribution in [2.75, 3.05) is 0 Å². The van der Waals surface area contributed by atoms with Gasteiger partial charge in [0.1, 0.15) is 18.2 Å². The second-order valence-electron chi connectivity index (χ2n) is 5.03. The molecule has 0 radical (unpaired) electrons. The third-order valence-electron chi connectivity index (χ3n) is 3.38. The van der Waals surface area contributed by atoms with Crippen molar-refractivity contribution in [2.45, 2.75) is 6.61 Å². The maximum Gasteiger partial charge on any atom is 0.234 e. The molecule has 4 nitrogen and oxygen atoms in total. The standard InChI is InChI=1S/C19H14FN3O/c20-16-8-6-14(7-9-16)15-10-21-19-22-17(12-23(19)11-15)13-24-18-4-2-1-3-5-18/h1-12H,13H2/i1D,2D,3D,4D,5D. The van der Waals surface area contributed by atoms with Crippen molar-refractivity contribution in [3.8, 4) is 16.9 Å². The molecule has 0 bridgehead atoms. The molecule has 0 aliphatic rings. The SMILES string of the molecule is [2H]c1c([2H])c([2H])c(OCc2cn3cc(-c4ccc(F)cc4)cnc3n2)c([2H])c1[2H]. The van der Waals surface area contributed by atoms with Crippen LogP contribution in [0.15, 0.2) is 73.1 Å². The van der Waals surface area contributed by atoms with Crippen molar-refractivity contribution in [1.29, 1.82) is 0 Å². The van der Waals surface area contributed by atoms with E-state index in [1.54, 1.807) is 35.1 Å². The molecule has 0 spiro atoms. The number of imidazole rings is 1. The molecule has 0 aliphatic carbocycles. The molecule has 2 aromatic heterocycles. The Hall–Kier alpha value is -3.21. The summed E-state index contributed by atoms with van der Waals surface area (Å²) in [6.45, 7) is -0.0940. The fraction of sp³-hybridized carbons (Fsp3) is 0.0526. The van der Waals surface area contributed by atoms with Gasteiger partial charge in [0.25, 0.3) is 0 Å². The third kappa shape index (κ3) is 2.96. The first-order chi connectivity index (χ1) is 13.8. The molecule has 2 aromatic carbocycles. The second-order valence-corrected chi connectivity index (χ2v) is 5.03. The van der Waals surface area contributed by atoms with Crippen LogP contribution in [0.2, 0.25) is 0 Å². The van der Waals surface area contributed by atoms with E-state index in [1.165, 1.54) is 12.1 Å². The smallest absolute Gasteiger partial charge is 0.234 e. The van der Waals surface area contributed by atoms with Crippen LogP contribution in [-0.4, -0.2) is 14.4 Å². The summed E-state index contributed by atoms with van der Waals surface area (Å²) in [6, 6.07) is 3.84. The molecular formula is C19H14FN3O. The molecule has 0 N–H and O–H groups in total. The van der Waals surface area contributed by atoms with E-state index in [0.717, 1.165) is 11.1 Å². The van der Waals surface area contributed by atoms with Crippen molar-refractivity contribution in [1.82, 2.24) is 14.4 Å². The zero-order valence-corrected chi connectivity index (χ0v) is 12.4. The van der Waals surface area contributed by atoms with Crippen molar-refractivity contribution in [3.63, 3.8) is 0 Å². The summed E-state index contributed by atoms with van der Waals surface area (Å²) >= 11 is 0. The number of halogens is 1. The van der Waals surface area contributed by atoms with Crippen LogP contribution >= 0.6 is 0 Å². The Balaban J connectivity index is 1.61. The minimum atomic E-state index is -0.474. The molecule has 0 unspecified atom stereocenters. The zero-order chi connectivity index (χ0) is 20.7. The number of benzene rings is 2. The van der Waals surface area contributed by atoms with E-state index in [-0.39, 0.29) is 18.2 Å². The fourth-order valence-electron chi connectivity index (χ4n) is 2.25. The molecule has 0 fully saturated rings. The van der Waals surface area contributed by atoms with Gasteiger partial charge >= 0.3 is 0 Å². The lowest BCUT2D eigenvalue weighted by molar-refractivity contribution is 0.302. The van der Waals surface area contributed by atoms with Gasteiger partial charge < -0.3 is 4.74 Å². The molecule has 0 amide bonds. The van der Waals surface area contributed by atoms with Crippen LogP contribution in [0.4, 0.5) is 4.39 Å². The predicted octanol–water partition coefficient (Wildman–Crippen LogP) is 4.11. The highest BCUT2D eigenvalue weighted by Crippen LogP contribution is 2.19. The summed E-state index contributed by atoms with van der Waals surface area (Å²) in [5, 5.41) is 0. The molecule has 0 saturated heterocycles. The lowest BCUT2D eigenvalue weighted by Crippen LogP contribution is -1.94. The highest BCUT2D eigenvalue weighted by Gasteiger charge is 2.06. The van der Waals surface area contributed by atoms with E-state index in [1.807, 2.05) is 0 Å². The largest absolute Gasteiger partial charge is 0.487 e. The van der Waals surface area contributed by atoms with Gasteiger partial charge in [-0.3, -0.25) is 4.40 Å². The van der Waals surface area contributed by atoms with Crippen LogP contribution < -0.4 is 4.74 Å². The van der Waals surface area contributed by atoms with Crippen LogP contribution in [0.3, 0.4) is 0 Å². The van der Waals surface area contributed by atoms with Crippen LogP contribution in [0.25, 0.3) is 16.9 Å². The normalized spacial score (nSPS) is 13.8. The van der Waals surface area contributed by atoms with Gasteiger partial charge in [-0.05, 0) is 29.8 Å². The van der Waals surface area contributed by atoms with Crippen LogP contribution in [0, 0.1) is 5.82 Å². The number of nitrogens with zero attached hydrogens (tertiary/aromatic N) is 3. The molecule has 0 saturated carbocycles. The lowest BCUT2D eigenvalue weighted by Gasteiger charge is -2.02. The molecule has 24 heavy (non-hydrogen) atoms. The quantitative estimate of drug-likeness (QED) is 0.567. The first-order valence-corrected chi connectivity index (χ1v) is 7.14. The van der Waals surface area contributed by atoms with Gasteiger partial charge in [-0.15, -0.1) is 0 Å². The Morgan fingerprint density at radius 1 is 1.04 bits per heavy atom. The van der Waals surface area contributed by atoms with Gasteiger partial charge in [0.2, 0.25) is 5.78 Å². The first kappa shape index (κ1) is 9.82. The van der Waals surface area contributed by atoms with E-state index < -0.39 is 30.2 Å². The maximum atomic E-state index is 13.1. The minimum Gasteiger partial charge on any atom is -0.487 e. The van der Waals surface area contributed by atoms with E-state index >= 15 is 0 Å². The Morgan fingerprint density at radius 3 is 2.62 bits per heavy atom. The van der Waals surface area contributed by atoms with Crippen LogP contribution in [0.5, 0.6) is 5.75 Å². The lowest BCUT2D eigenvalue weighted by atomic mass is 10.1. The van der Waals surface area contributed by atoms with Crippen molar-refractivity contribution >= 4 is 5.78 Å². The average Bonchev–Trinajstić information content (AvgIpc) is 3.13. The molecule has 5 heteroatoms. The maximum absolute atomic E-state index is 13.1. The number of ether oxygens (including phenoxy) is 1. The fourth-order valence-corrected chi connectivity index (χ4v) is 2.25. The van der Waals surface area contributed by atoms with Crippen LogP contribution in [-0.2, 0) is 6.61 Å². The highest BCUT2D eigenvalue weighted by atomic mass is 19.1. The average molecular weight is 324 g/mol. The summed E-state index contributed by atoms with van der Waals surface area (Å²) in [5.74, 6) is -0.138. The molecule has 0 aliphatic heterocycles. The van der Waals surface area contributed by atoms with E-state index in [0.29, 0.717) is 11.5 Å². The highest BCUT2D eigenvalue weighted by molar-refractivity contribution is 5.62. The van der Waals surface area contributed by atoms with Gasteiger partial charge in [0.05, 0.1) is 12.5 Å². The Morgan fingerprint density at radius 2 is 1.83 bits per heavy atom. The van der Waals surface area contributed by atoms with E-state index in [2.05, 4.69) is 9.97 Å². The summed E-state index contributed by atoms with van der Waals surface area (Å²) in [6.07, 6.45) is 5.08. The van der Waals surface area contributed by atoms with Crippen molar-refractivity contribution < 1.29 is 16.0 Å². The van der Waals surface area contributed by atoms with Gasteiger partial charge in [0.15, 0.2) is 0 Å². The molecular weight excluding hydrogens is 305 g/mol. The van der Waals surface area contributed by atoms with Crippen molar-refractivity contribution in [3.05, 3.63) is 84.6 Å². The summed E-state index contributed by atoms with van der Waals surface area (Å²) in [5.41, 5.74) is 2.04. The number of rotatable bonds is 4. The Kier molecular flexibility index (Phi) is 2.50. The predicted molar refractivity (Wildman–Crippen MR) is 89.2 cm³/mol. The Labute approximate surface area is 145 Å². The number of hydrogen-bond donors (Lipinski definition) is 0. The van der Waals surface area contributed by atoms with E-state index in [9.17, 15) is 4.39 Å². The number of hydrogen-bond acceptors (Lipinski definition) is 3. The third-order valence-corrected chi connectivity index (χ3v) is 3.38. The summed E-state index contributed by atoms with van der Waals surface area (Å²) in [4.78, 5) is 8.59. The summed E-state index contributed by atoms with van der Waals surface area (Å²) in [7, 11) is 0. The number of para-hydroxylation sites is 1.